The summed E-state index contributed by atoms with van der Waals surface area (Å²) in [5, 5.41) is 11.6. The van der Waals surface area contributed by atoms with Gasteiger partial charge < -0.3 is 5.11 Å². The Kier molecular flexibility index (Phi) is 3.60. The van der Waals surface area contributed by atoms with Gasteiger partial charge in [0.2, 0.25) is 0 Å². The summed E-state index contributed by atoms with van der Waals surface area (Å²) in [5.41, 5.74) is 0.332. The molecule has 1 aromatic heterocycles. The summed E-state index contributed by atoms with van der Waals surface area (Å²) >= 11 is 3.44. The van der Waals surface area contributed by atoms with Crippen molar-refractivity contribution >= 4 is 36.9 Å². The number of hydrogen-bond donors (Lipinski definition) is 1. The summed E-state index contributed by atoms with van der Waals surface area (Å²) < 4.78 is 28.2. The van der Waals surface area contributed by atoms with Crippen LogP contribution in [-0.4, -0.2) is 17.5 Å². The zero-order valence-corrected chi connectivity index (χ0v) is 15.2. The van der Waals surface area contributed by atoms with Crippen LogP contribution in [0.1, 0.15) is 24.8 Å². The average Bonchev–Trinajstić information content (AvgIpc) is 2.93. The van der Waals surface area contributed by atoms with Crippen LogP contribution in [0.15, 0.2) is 64.1 Å². The molecule has 0 atom stereocenters. The molecule has 2 aromatic carbocycles. The van der Waals surface area contributed by atoms with Crippen molar-refractivity contribution in [2.45, 2.75) is 29.8 Å². The number of halogens is 1. The van der Waals surface area contributed by atoms with Gasteiger partial charge in [-0.2, -0.15) is 0 Å². The third-order valence-corrected chi connectivity index (χ3v) is 6.90. The Hall–Kier alpha value is -1.63. The van der Waals surface area contributed by atoms with Crippen LogP contribution in [0, 0.1) is 0 Å². The Labute approximate surface area is 148 Å². The molecule has 1 fully saturated rings. The number of rotatable bonds is 3. The van der Waals surface area contributed by atoms with Gasteiger partial charge in [0.1, 0.15) is 0 Å². The van der Waals surface area contributed by atoms with Crippen molar-refractivity contribution < 1.29 is 13.5 Å². The first-order chi connectivity index (χ1) is 11.4. The summed E-state index contributed by atoms with van der Waals surface area (Å²) in [6.07, 6.45) is 3.84. The normalized spacial score (nSPS) is 16.9. The number of aliphatic hydroxyl groups is 1. The van der Waals surface area contributed by atoms with Gasteiger partial charge in [-0.1, -0.05) is 34.1 Å². The lowest BCUT2D eigenvalue weighted by atomic mass is 9.75. The van der Waals surface area contributed by atoms with Crippen molar-refractivity contribution in [3.05, 3.63) is 64.8 Å². The number of benzene rings is 2. The van der Waals surface area contributed by atoms with E-state index >= 15 is 0 Å². The van der Waals surface area contributed by atoms with Crippen LogP contribution >= 0.6 is 15.9 Å². The molecule has 0 amide bonds. The molecule has 0 radical (unpaired) electrons. The van der Waals surface area contributed by atoms with Gasteiger partial charge in [0, 0.05) is 21.6 Å². The molecule has 1 N–H and O–H groups in total. The van der Waals surface area contributed by atoms with Gasteiger partial charge >= 0.3 is 0 Å². The standard InChI is InChI=1S/C18H16BrNO3S/c19-13-7-8-17-15(11-13)16(18(21)9-4-10-18)12-20(17)24(22,23)14-5-2-1-3-6-14/h1-3,5-8,11-12,21H,4,9-10H2. The lowest BCUT2D eigenvalue weighted by Gasteiger charge is -2.36. The first kappa shape index (κ1) is 15.9. The number of hydrogen-bond acceptors (Lipinski definition) is 3. The Balaban J connectivity index is 2.00. The minimum Gasteiger partial charge on any atom is -0.385 e. The maximum Gasteiger partial charge on any atom is 0.268 e. The van der Waals surface area contributed by atoms with Gasteiger partial charge in [-0.05, 0) is 49.6 Å². The highest BCUT2D eigenvalue weighted by Crippen LogP contribution is 2.45. The van der Waals surface area contributed by atoms with Gasteiger partial charge in [-0.3, -0.25) is 0 Å². The second kappa shape index (κ2) is 5.44. The van der Waals surface area contributed by atoms with Crippen molar-refractivity contribution in [2.24, 2.45) is 0 Å². The highest BCUT2D eigenvalue weighted by Gasteiger charge is 2.39. The molecule has 3 aromatic rings. The van der Waals surface area contributed by atoms with Crippen LogP contribution in [-0.2, 0) is 15.6 Å². The highest BCUT2D eigenvalue weighted by molar-refractivity contribution is 9.10. The minimum absolute atomic E-state index is 0.233. The summed E-state index contributed by atoms with van der Waals surface area (Å²) in [4.78, 5) is 0.233. The third-order valence-electron chi connectivity index (χ3n) is 4.71. The van der Waals surface area contributed by atoms with E-state index < -0.39 is 15.6 Å². The Bertz CT molecular complexity index is 1020. The summed E-state index contributed by atoms with van der Waals surface area (Å²) in [5.74, 6) is 0. The second-order valence-corrected chi connectivity index (χ2v) is 8.93. The second-order valence-electron chi connectivity index (χ2n) is 6.20. The van der Waals surface area contributed by atoms with Crippen LogP contribution in [0.2, 0.25) is 0 Å². The maximum absolute atomic E-state index is 13.0. The molecular formula is C18H16BrNO3S. The molecule has 0 saturated heterocycles. The van der Waals surface area contributed by atoms with E-state index in [4.69, 9.17) is 0 Å². The molecule has 124 valence electrons. The van der Waals surface area contributed by atoms with Crippen LogP contribution in [0.5, 0.6) is 0 Å². The van der Waals surface area contributed by atoms with Gasteiger partial charge in [-0.25, -0.2) is 12.4 Å². The predicted molar refractivity (Wildman–Crippen MR) is 96.4 cm³/mol. The summed E-state index contributed by atoms with van der Waals surface area (Å²) in [7, 11) is -3.71. The van der Waals surface area contributed by atoms with Crippen molar-refractivity contribution in [1.29, 1.82) is 0 Å². The van der Waals surface area contributed by atoms with E-state index in [1.165, 1.54) is 3.97 Å². The molecule has 0 spiro atoms. The molecule has 4 nitrogen and oxygen atoms in total. The van der Waals surface area contributed by atoms with Gasteiger partial charge in [0.05, 0.1) is 16.0 Å². The van der Waals surface area contributed by atoms with E-state index in [-0.39, 0.29) is 4.90 Å². The van der Waals surface area contributed by atoms with Crippen LogP contribution in [0.4, 0.5) is 0 Å². The van der Waals surface area contributed by atoms with Crippen molar-refractivity contribution in [3.63, 3.8) is 0 Å². The zero-order valence-electron chi connectivity index (χ0n) is 12.8. The molecule has 0 bridgehead atoms. The number of aromatic nitrogens is 1. The molecule has 6 heteroatoms. The van der Waals surface area contributed by atoms with E-state index in [0.29, 0.717) is 23.9 Å². The lowest BCUT2D eigenvalue weighted by molar-refractivity contribution is -0.0374. The van der Waals surface area contributed by atoms with Gasteiger partial charge in [0.15, 0.2) is 0 Å². The highest BCUT2D eigenvalue weighted by atomic mass is 79.9. The number of nitrogens with zero attached hydrogens (tertiary/aromatic N) is 1. The quantitative estimate of drug-likeness (QED) is 0.715. The molecule has 1 aliphatic carbocycles. The molecule has 24 heavy (non-hydrogen) atoms. The van der Waals surface area contributed by atoms with Crippen molar-refractivity contribution in [3.8, 4) is 0 Å². The monoisotopic (exact) mass is 405 g/mol. The molecule has 1 saturated carbocycles. The Morgan fingerprint density at radius 1 is 1.08 bits per heavy atom. The minimum atomic E-state index is -3.71. The molecule has 1 heterocycles. The fourth-order valence-electron chi connectivity index (χ4n) is 3.23. The first-order valence-electron chi connectivity index (χ1n) is 7.76. The van der Waals surface area contributed by atoms with Crippen molar-refractivity contribution in [2.75, 3.05) is 0 Å². The van der Waals surface area contributed by atoms with E-state index in [1.807, 2.05) is 12.1 Å². The maximum atomic E-state index is 13.0. The Morgan fingerprint density at radius 2 is 1.79 bits per heavy atom. The molecule has 1 aliphatic rings. The van der Waals surface area contributed by atoms with Crippen LogP contribution in [0.25, 0.3) is 10.9 Å². The fourth-order valence-corrected chi connectivity index (χ4v) is 4.98. The SMILES string of the molecule is O=S(=O)(c1ccccc1)n1cc(C2(O)CCC2)c2cc(Br)ccc21. The first-order valence-corrected chi connectivity index (χ1v) is 9.99. The molecule has 0 unspecified atom stereocenters. The smallest absolute Gasteiger partial charge is 0.268 e. The van der Waals surface area contributed by atoms with Gasteiger partial charge in [-0.15, -0.1) is 0 Å². The largest absolute Gasteiger partial charge is 0.385 e. The summed E-state index contributed by atoms with van der Waals surface area (Å²) in [6.45, 7) is 0. The van der Waals surface area contributed by atoms with E-state index in [1.54, 1.807) is 42.6 Å². The van der Waals surface area contributed by atoms with E-state index in [0.717, 1.165) is 16.3 Å². The number of fused-ring (bicyclic) bond motifs is 1. The molecule has 0 aliphatic heterocycles. The Morgan fingerprint density at radius 3 is 2.42 bits per heavy atom. The van der Waals surface area contributed by atoms with Crippen LogP contribution < -0.4 is 0 Å². The predicted octanol–water partition coefficient (Wildman–Crippen LogP) is 4.01. The lowest BCUT2D eigenvalue weighted by Crippen LogP contribution is -2.33. The van der Waals surface area contributed by atoms with E-state index in [9.17, 15) is 13.5 Å². The van der Waals surface area contributed by atoms with Crippen molar-refractivity contribution in [1.82, 2.24) is 3.97 Å². The van der Waals surface area contributed by atoms with Crippen LogP contribution in [0.3, 0.4) is 0 Å². The fraction of sp³-hybridized carbons (Fsp3) is 0.222. The third kappa shape index (κ3) is 2.32. The molecular weight excluding hydrogens is 390 g/mol. The summed E-state index contributed by atoms with van der Waals surface area (Å²) in [6, 6.07) is 13.8. The van der Waals surface area contributed by atoms with Gasteiger partial charge in [0.25, 0.3) is 10.0 Å². The topological polar surface area (TPSA) is 59.3 Å². The molecule has 4 rings (SSSR count). The average molecular weight is 406 g/mol. The van der Waals surface area contributed by atoms with E-state index in [2.05, 4.69) is 15.9 Å². The zero-order chi connectivity index (χ0) is 16.9.